The first-order valence-corrected chi connectivity index (χ1v) is 12.7. The van der Waals surface area contributed by atoms with Crippen molar-refractivity contribution < 1.29 is 14.3 Å². The van der Waals surface area contributed by atoms with Crippen LogP contribution in [0, 0.1) is 12.8 Å². The summed E-state index contributed by atoms with van der Waals surface area (Å²) in [5.41, 5.74) is 4.10. The van der Waals surface area contributed by atoms with Crippen LogP contribution in [-0.2, 0) is 4.79 Å². The van der Waals surface area contributed by atoms with Crippen molar-refractivity contribution in [3.05, 3.63) is 59.8 Å². The fraction of sp³-hybridized carbons (Fsp3) is 0.414. The average Bonchev–Trinajstić information content (AvgIpc) is 2.88. The summed E-state index contributed by atoms with van der Waals surface area (Å²) in [5, 5.41) is 4.32. The molecule has 1 amide bonds. The zero-order valence-electron chi connectivity index (χ0n) is 21.0. The summed E-state index contributed by atoms with van der Waals surface area (Å²) >= 11 is 0. The number of hydrogen-bond donors (Lipinski definition) is 1. The molecule has 6 nitrogen and oxygen atoms in total. The molecule has 1 aliphatic rings. The highest BCUT2D eigenvalue weighted by Crippen LogP contribution is 2.34. The van der Waals surface area contributed by atoms with Crippen LogP contribution in [0.15, 0.2) is 48.7 Å². The SMILES string of the molecule is CCCC(=O)N1CCC(COc2cc3c(Nc4ccccc4)c(C(=O)CC)cnc3cc2C)CC1. The van der Waals surface area contributed by atoms with E-state index in [-0.39, 0.29) is 11.7 Å². The van der Waals surface area contributed by atoms with Gasteiger partial charge in [-0.25, -0.2) is 0 Å². The van der Waals surface area contributed by atoms with Crippen molar-refractivity contribution in [2.45, 2.75) is 52.9 Å². The summed E-state index contributed by atoms with van der Waals surface area (Å²) < 4.78 is 6.32. The largest absolute Gasteiger partial charge is 0.493 e. The van der Waals surface area contributed by atoms with E-state index in [1.165, 1.54) is 0 Å². The molecule has 2 heterocycles. The highest BCUT2D eigenvalue weighted by atomic mass is 16.5. The van der Waals surface area contributed by atoms with Gasteiger partial charge in [0, 0.05) is 43.2 Å². The number of anilines is 2. The van der Waals surface area contributed by atoms with E-state index >= 15 is 0 Å². The molecule has 1 fully saturated rings. The number of aromatic nitrogens is 1. The Balaban J connectivity index is 1.56. The first-order valence-electron chi connectivity index (χ1n) is 12.7. The van der Waals surface area contributed by atoms with E-state index in [2.05, 4.69) is 10.3 Å². The van der Waals surface area contributed by atoms with E-state index in [9.17, 15) is 9.59 Å². The van der Waals surface area contributed by atoms with Crippen LogP contribution in [0.4, 0.5) is 11.4 Å². The first kappa shape index (κ1) is 24.7. The van der Waals surface area contributed by atoms with Gasteiger partial charge in [-0.2, -0.15) is 0 Å². The quantitative estimate of drug-likeness (QED) is 0.369. The number of para-hydroxylation sites is 1. The Morgan fingerprint density at radius 2 is 1.86 bits per heavy atom. The van der Waals surface area contributed by atoms with Crippen molar-refractivity contribution >= 4 is 34.0 Å². The highest BCUT2D eigenvalue weighted by molar-refractivity contribution is 6.09. The van der Waals surface area contributed by atoms with Gasteiger partial charge in [0.1, 0.15) is 5.75 Å². The normalized spacial score (nSPS) is 14.2. The molecule has 3 aromatic rings. The molecule has 2 aromatic carbocycles. The third-order valence-electron chi connectivity index (χ3n) is 6.73. The molecule has 1 N–H and O–H groups in total. The van der Waals surface area contributed by atoms with Crippen LogP contribution in [0.2, 0.25) is 0 Å². The molecule has 1 saturated heterocycles. The van der Waals surface area contributed by atoms with Gasteiger partial charge < -0.3 is 15.0 Å². The number of amides is 1. The minimum absolute atomic E-state index is 0.0465. The lowest BCUT2D eigenvalue weighted by Crippen LogP contribution is -2.39. The Morgan fingerprint density at radius 1 is 1.11 bits per heavy atom. The van der Waals surface area contributed by atoms with E-state index < -0.39 is 0 Å². The Kier molecular flexibility index (Phi) is 8.01. The number of carbonyl (C=O) groups excluding carboxylic acids is 2. The number of hydrogen-bond acceptors (Lipinski definition) is 5. The van der Waals surface area contributed by atoms with Crippen LogP contribution >= 0.6 is 0 Å². The van der Waals surface area contributed by atoms with E-state index in [4.69, 9.17) is 4.74 Å². The van der Waals surface area contributed by atoms with Gasteiger partial charge in [-0.05, 0) is 61.9 Å². The van der Waals surface area contributed by atoms with Crippen molar-refractivity contribution in [1.82, 2.24) is 9.88 Å². The molecule has 0 aliphatic carbocycles. The van der Waals surface area contributed by atoms with Crippen LogP contribution in [0.5, 0.6) is 5.75 Å². The van der Waals surface area contributed by atoms with Crippen molar-refractivity contribution in [2.75, 3.05) is 25.0 Å². The number of fused-ring (bicyclic) bond motifs is 1. The molecule has 0 atom stereocenters. The average molecular weight is 474 g/mol. The molecule has 0 saturated carbocycles. The van der Waals surface area contributed by atoms with Gasteiger partial charge in [-0.15, -0.1) is 0 Å². The van der Waals surface area contributed by atoms with E-state index in [0.717, 1.165) is 65.9 Å². The van der Waals surface area contributed by atoms with Gasteiger partial charge in [-0.1, -0.05) is 32.0 Å². The summed E-state index contributed by atoms with van der Waals surface area (Å²) in [4.78, 5) is 31.5. The molecule has 0 spiro atoms. The van der Waals surface area contributed by atoms with Crippen LogP contribution < -0.4 is 10.1 Å². The van der Waals surface area contributed by atoms with Crippen LogP contribution in [0.25, 0.3) is 10.9 Å². The van der Waals surface area contributed by atoms with Crippen LogP contribution in [0.3, 0.4) is 0 Å². The predicted molar refractivity (Wildman–Crippen MR) is 141 cm³/mol. The summed E-state index contributed by atoms with van der Waals surface area (Å²) in [6, 6.07) is 13.9. The van der Waals surface area contributed by atoms with Crippen molar-refractivity contribution in [3.63, 3.8) is 0 Å². The van der Waals surface area contributed by atoms with Gasteiger partial charge in [0.25, 0.3) is 0 Å². The van der Waals surface area contributed by atoms with Crippen LogP contribution in [0.1, 0.15) is 61.9 Å². The standard InChI is InChI=1S/C29H35N3O3/c1-4-9-28(34)32-14-12-21(13-15-32)19-35-27-17-23-25(16-20(27)3)30-18-24(26(33)5-2)29(23)31-22-10-7-6-8-11-22/h6-8,10-11,16-18,21H,4-5,9,12-15,19H2,1-3H3,(H,30,31). The molecule has 35 heavy (non-hydrogen) atoms. The smallest absolute Gasteiger partial charge is 0.222 e. The zero-order chi connectivity index (χ0) is 24.8. The Hall–Kier alpha value is -3.41. The molecule has 6 heteroatoms. The molecule has 1 aliphatic heterocycles. The molecule has 4 rings (SSSR count). The van der Waals surface area contributed by atoms with E-state index in [1.807, 2.05) is 68.1 Å². The maximum absolute atomic E-state index is 12.7. The molecule has 0 radical (unpaired) electrons. The first-order chi connectivity index (χ1) is 17.0. The number of carbonyl (C=O) groups is 2. The van der Waals surface area contributed by atoms with Gasteiger partial charge in [0.2, 0.25) is 5.91 Å². The summed E-state index contributed by atoms with van der Waals surface area (Å²) in [6.45, 7) is 8.16. The number of piperidine rings is 1. The Bertz CT molecular complexity index is 1180. The number of Topliss-reactive ketones (excluding diaryl/α,β-unsaturated/α-hetero) is 1. The molecular weight excluding hydrogens is 438 g/mol. The predicted octanol–water partition coefficient (Wildman–Crippen LogP) is 6.30. The minimum Gasteiger partial charge on any atom is -0.493 e. The zero-order valence-corrected chi connectivity index (χ0v) is 21.0. The maximum Gasteiger partial charge on any atom is 0.222 e. The van der Waals surface area contributed by atoms with Gasteiger partial charge >= 0.3 is 0 Å². The third kappa shape index (κ3) is 5.81. The maximum atomic E-state index is 12.7. The van der Waals surface area contributed by atoms with Crippen molar-refractivity contribution in [2.24, 2.45) is 5.92 Å². The monoisotopic (exact) mass is 473 g/mol. The number of ketones is 1. The minimum atomic E-state index is 0.0465. The third-order valence-corrected chi connectivity index (χ3v) is 6.73. The molecule has 0 unspecified atom stereocenters. The number of nitrogens with zero attached hydrogens (tertiary/aromatic N) is 2. The number of aryl methyl sites for hydroxylation is 1. The number of nitrogens with one attached hydrogen (secondary N) is 1. The molecule has 184 valence electrons. The number of benzene rings is 2. The van der Waals surface area contributed by atoms with Crippen LogP contribution in [-0.4, -0.2) is 41.3 Å². The van der Waals surface area contributed by atoms with E-state index in [1.54, 1.807) is 6.20 Å². The second-order valence-electron chi connectivity index (χ2n) is 9.33. The van der Waals surface area contributed by atoms with E-state index in [0.29, 0.717) is 30.9 Å². The van der Waals surface area contributed by atoms with Gasteiger partial charge in [0.15, 0.2) is 5.78 Å². The lowest BCUT2D eigenvalue weighted by Gasteiger charge is -2.32. The highest BCUT2D eigenvalue weighted by Gasteiger charge is 2.23. The summed E-state index contributed by atoms with van der Waals surface area (Å²) in [6.07, 6.45) is 5.52. The number of rotatable bonds is 9. The fourth-order valence-corrected chi connectivity index (χ4v) is 4.61. The molecule has 1 aromatic heterocycles. The number of likely N-dealkylation sites (tertiary alicyclic amines) is 1. The summed E-state index contributed by atoms with van der Waals surface area (Å²) in [5.74, 6) is 1.54. The topological polar surface area (TPSA) is 71.5 Å². The Morgan fingerprint density at radius 3 is 2.54 bits per heavy atom. The van der Waals surface area contributed by atoms with Crippen molar-refractivity contribution in [1.29, 1.82) is 0 Å². The second-order valence-corrected chi connectivity index (χ2v) is 9.33. The van der Waals surface area contributed by atoms with Gasteiger partial charge in [0.05, 0.1) is 23.4 Å². The molecular formula is C29H35N3O3. The molecule has 0 bridgehead atoms. The number of ether oxygens (including phenoxy) is 1. The second kappa shape index (κ2) is 11.3. The van der Waals surface area contributed by atoms with Gasteiger partial charge in [-0.3, -0.25) is 14.6 Å². The lowest BCUT2D eigenvalue weighted by atomic mass is 9.97. The summed E-state index contributed by atoms with van der Waals surface area (Å²) in [7, 11) is 0. The fourth-order valence-electron chi connectivity index (χ4n) is 4.61. The lowest BCUT2D eigenvalue weighted by molar-refractivity contribution is -0.132. The Labute approximate surface area is 207 Å². The van der Waals surface area contributed by atoms with Crippen molar-refractivity contribution in [3.8, 4) is 5.75 Å². The number of pyridine rings is 1.